The molecule has 0 atom stereocenters. The van der Waals surface area contributed by atoms with Crippen LogP contribution in [-0.2, 0) is 11.2 Å². The molecule has 0 aliphatic rings. The van der Waals surface area contributed by atoms with E-state index in [4.69, 9.17) is 14.5 Å². The molecule has 0 spiro atoms. The number of anilines is 1. The Morgan fingerprint density at radius 3 is 2.52 bits per heavy atom. The summed E-state index contributed by atoms with van der Waals surface area (Å²) in [6.45, 7) is 4.05. The van der Waals surface area contributed by atoms with Gasteiger partial charge in [0, 0.05) is 0 Å². The van der Waals surface area contributed by atoms with Crippen LogP contribution in [0.2, 0.25) is 0 Å². The van der Waals surface area contributed by atoms with Crippen LogP contribution in [0, 0.1) is 0 Å². The minimum Gasteiger partial charge on any atom is -0.497 e. The van der Waals surface area contributed by atoms with E-state index in [2.05, 4.69) is 14.1 Å². The first-order valence-electron chi connectivity index (χ1n) is 9.76. The summed E-state index contributed by atoms with van der Waals surface area (Å²) in [6.07, 6.45) is 0.326. The van der Waals surface area contributed by atoms with Crippen molar-refractivity contribution in [3.63, 3.8) is 0 Å². The maximum Gasteiger partial charge on any atom is 0.233 e. The van der Waals surface area contributed by atoms with Crippen LogP contribution < -0.4 is 19.3 Å². The quantitative estimate of drug-likeness (QED) is 0.584. The predicted molar refractivity (Wildman–Crippen MR) is 118 cm³/mol. The Labute approximate surface area is 175 Å². The number of amides is 1. The second kappa shape index (κ2) is 9.71. The fourth-order valence-electron chi connectivity index (χ4n) is 2.94. The Kier molecular flexibility index (Phi) is 7.06. The number of carbonyl (C=O) groups excluding carboxylic acids is 1. The van der Waals surface area contributed by atoms with Crippen LogP contribution in [-0.4, -0.2) is 51.8 Å². The van der Waals surface area contributed by atoms with Crippen LogP contribution in [0.4, 0.5) is 5.13 Å². The third-order valence-electron chi connectivity index (χ3n) is 4.54. The second-order valence-corrected chi connectivity index (χ2v) is 8.10. The average molecular weight is 415 g/mol. The molecule has 7 heteroatoms. The molecule has 29 heavy (non-hydrogen) atoms. The third-order valence-corrected chi connectivity index (χ3v) is 5.58. The lowest BCUT2D eigenvalue weighted by molar-refractivity contribution is -0.856. The number of hydrogen-bond acceptors (Lipinski definition) is 5. The van der Waals surface area contributed by atoms with Crippen molar-refractivity contribution in [3.05, 3.63) is 48.0 Å². The zero-order valence-corrected chi connectivity index (χ0v) is 18.2. The van der Waals surface area contributed by atoms with Gasteiger partial charge in [-0.25, -0.2) is 4.98 Å². The molecule has 1 amide bonds. The number of fused-ring (bicyclic) bond motifs is 1. The monoisotopic (exact) mass is 414 g/mol. The summed E-state index contributed by atoms with van der Waals surface area (Å²) >= 11 is 1.53. The lowest BCUT2D eigenvalue weighted by atomic mass is 10.1. The summed E-state index contributed by atoms with van der Waals surface area (Å²) in [4.78, 5) is 21.0. The highest BCUT2D eigenvalue weighted by Crippen LogP contribution is 2.31. The van der Waals surface area contributed by atoms with Crippen LogP contribution in [0.1, 0.15) is 12.5 Å². The number of rotatable bonds is 9. The molecule has 154 valence electrons. The molecule has 0 saturated heterocycles. The normalized spacial score (nSPS) is 11.1. The number of benzene rings is 2. The molecule has 0 aliphatic heterocycles. The highest BCUT2D eigenvalue weighted by molar-refractivity contribution is 7.22. The summed E-state index contributed by atoms with van der Waals surface area (Å²) in [5, 5.41) is 0.730. The van der Waals surface area contributed by atoms with Gasteiger partial charge in [0.25, 0.3) is 0 Å². The van der Waals surface area contributed by atoms with Gasteiger partial charge in [-0.2, -0.15) is 0 Å². The van der Waals surface area contributed by atoms with Crippen LogP contribution in [0.5, 0.6) is 11.5 Å². The van der Waals surface area contributed by atoms with Crippen molar-refractivity contribution >= 4 is 32.6 Å². The number of nitrogens with one attached hydrogen (secondary N) is 1. The molecule has 1 aromatic heterocycles. The molecule has 6 nitrogen and oxygen atoms in total. The Morgan fingerprint density at radius 1 is 1.14 bits per heavy atom. The van der Waals surface area contributed by atoms with Crippen molar-refractivity contribution < 1.29 is 19.2 Å². The number of nitrogens with zero attached hydrogens (tertiary/aromatic N) is 2. The standard InChI is InChI=1S/C22H27N3O3S/c1-5-28-18-10-11-19-20(15-18)29-22(23-19)25(13-12-24(2)3)21(26)14-16-6-8-17(27-4)9-7-16/h6-11,15H,5,12-14H2,1-4H3/p+1. The Hall–Kier alpha value is -2.64. The van der Waals surface area contributed by atoms with Crippen LogP contribution >= 0.6 is 11.3 Å². The number of methoxy groups -OCH3 is 1. The van der Waals surface area contributed by atoms with Gasteiger partial charge in [-0.3, -0.25) is 9.69 Å². The van der Waals surface area contributed by atoms with E-state index in [1.807, 2.05) is 54.3 Å². The SMILES string of the molecule is CCOc1ccc2nc(N(CC[NH+](C)C)C(=O)Cc3ccc(OC)cc3)sc2c1. The zero-order chi connectivity index (χ0) is 20.8. The molecule has 0 fully saturated rings. The zero-order valence-electron chi connectivity index (χ0n) is 17.4. The fraction of sp³-hybridized carbons (Fsp3) is 0.364. The van der Waals surface area contributed by atoms with Gasteiger partial charge in [0.2, 0.25) is 5.91 Å². The van der Waals surface area contributed by atoms with Gasteiger partial charge in [-0.05, 0) is 42.8 Å². The van der Waals surface area contributed by atoms with Crippen molar-refractivity contribution in [1.29, 1.82) is 0 Å². The van der Waals surface area contributed by atoms with E-state index in [0.29, 0.717) is 19.6 Å². The Morgan fingerprint density at radius 2 is 1.86 bits per heavy atom. The number of aromatic nitrogens is 1. The number of ether oxygens (including phenoxy) is 2. The topological polar surface area (TPSA) is 56.1 Å². The fourth-order valence-corrected chi connectivity index (χ4v) is 3.98. The number of hydrogen-bond donors (Lipinski definition) is 1. The molecular formula is C22H28N3O3S+. The summed E-state index contributed by atoms with van der Waals surface area (Å²) < 4.78 is 11.8. The van der Waals surface area contributed by atoms with E-state index >= 15 is 0 Å². The van der Waals surface area contributed by atoms with E-state index < -0.39 is 0 Å². The summed E-state index contributed by atoms with van der Waals surface area (Å²) in [6, 6.07) is 13.5. The molecular weight excluding hydrogens is 386 g/mol. The number of thiazole rings is 1. The average Bonchev–Trinajstić information content (AvgIpc) is 3.11. The molecule has 0 radical (unpaired) electrons. The number of carbonyl (C=O) groups is 1. The van der Waals surface area contributed by atoms with Gasteiger partial charge < -0.3 is 14.4 Å². The largest absolute Gasteiger partial charge is 0.497 e. The molecule has 1 heterocycles. The smallest absolute Gasteiger partial charge is 0.233 e. The minimum atomic E-state index is 0.0421. The molecule has 2 aromatic carbocycles. The van der Waals surface area contributed by atoms with E-state index in [9.17, 15) is 4.79 Å². The van der Waals surface area contributed by atoms with Gasteiger partial charge in [0.05, 0.1) is 57.5 Å². The van der Waals surface area contributed by atoms with Crippen molar-refractivity contribution in [3.8, 4) is 11.5 Å². The maximum atomic E-state index is 13.2. The van der Waals surface area contributed by atoms with Crippen molar-refractivity contribution in [2.24, 2.45) is 0 Å². The second-order valence-electron chi connectivity index (χ2n) is 7.09. The molecule has 0 saturated carbocycles. The van der Waals surface area contributed by atoms with E-state index in [1.165, 1.54) is 16.2 Å². The summed E-state index contributed by atoms with van der Waals surface area (Å²) in [5.74, 6) is 1.65. The van der Waals surface area contributed by atoms with E-state index in [-0.39, 0.29) is 5.91 Å². The molecule has 3 rings (SSSR count). The van der Waals surface area contributed by atoms with Gasteiger partial charge in [0.15, 0.2) is 5.13 Å². The third kappa shape index (κ3) is 5.46. The van der Waals surface area contributed by atoms with E-state index in [0.717, 1.165) is 39.0 Å². The lowest BCUT2D eigenvalue weighted by Crippen LogP contribution is -3.06. The first kappa shape index (κ1) is 21.1. The van der Waals surface area contributed by atoms with Gasteiger partial charge in [-0.1, -0.05) is 23.5 Å². The highest BCUT2D eigenvalue weighted by Gasteiger charge is 2.21. The summed E-state index contributed by atoms with van der Waals surface area (Å²) in [5.41, 5.74) is 1.84. The molecule has 0 bridgehead atoms. The van der Waals surface area contributed by atoms with Crippen molar-refractivity contribution in [2.75, 3.05) is 45.8 Å². The summed E-state index contributed by atoms with van der Waals surface area (Å²) in [7, 11) is 5.80. The number of quaternary nitrogens is 1. The Bertz CT molecular complexity index is 954. The van der Waals surface area contributed by atoms with Crippen LogP contribution in [0.15, 0.2) is 42.5 Å². The van der Waals surface area contributed by atoms with Crippen molar-refractivity contribution in [1.82, 2.24) is 4.98 Å². The number of likely N-dealkylation sites (N-methyl/N-ethyl adjacent to an activating group) is 1. The van der Waals surface area contributed by atoms with Gasteiger partial charge in [0.1, 0.15) is 11.5 Å². The van der Waals surface area contributed by atoms with Gasteiger partial charge >= 0.3 is 0 Å². The van der Waals surface area contributed by atoms with E-state index in [1.54, 1.807) is 7.11 Å². The first-order chi connectivity index (χ1) is 14.0. The van der Waals surface area contributed by atoms with Gasteiger partial charge in [-0.15, -0.1) is 0 Å². The predicted octanol–water partition coefficient (Wildman–Crippen LogP) is 2.42. The van der Waals surface area contributed by atoms with Crippen LogP contribution in [0.25, 0.3) is 10.2 Å². The highest BCUT2D eigenvalue weighted by atomic mass is 32.1. The minimum absolute atomic E-state index is 0.0421. The maximum absolute atomic E-state index is 13.2. The molecule has 3 aromatic rings. The van der Waals surface area contributed by atoms with Crippen LogP contribution in [0.3, 0.4) is 0 Å². The molecule has 0 aliphatic carbocycles. The lowest BCUT2D eigenvalue weighted by Gasteiger charge is -2.20. The van der Waals surface area contributed by atoms with Crippen molar-refractivity contribution in [2.45, 2.75) is 13.3 Å². The Balaban J connectivity index is 1.85. The molecule has 1 N–H and O–H groups in total. The molecule has 0 unspecified atom stereocenters. The first-order valence-corrected chi connectivity index (χ1v) is 10.6.